The lowest BCUT2D eigenvalue weighted by Crippen LogP contribution is -2.04. The highest BCUT2D eigenvalue weighted by Gasteiger charge is 2.21. The van der Waals surface area contributed by atoms with Gasteiger partial charge in [-0.3, -0.25) is 0 Å². The van der Waals surface area contributed by atoms with Crippen LogP contribution in [0.1, 0.15) is 0 Å². The maximum absolute atomic E-state index is 10.3. The van der Waals surface area contributed by atoms with Crippen molar-refractivity contribution in [2.24, 2.45) is 0 Å². The first kappa shape index (κ1) is 6.86. The Kier molecular flexibility index (Phi) is 2.10. The summed E-state index contributed by atoms with van der Waals surface area (Å²) in [6.07, 6.45) is 4.22. The van der Waals surface area contributed by atoms with E-state index >= 15 is 0 Å². The predicted molar refractivity (Wildman–Crippen MR) is 35.6 cm³/mol. The Balaban J connectivity index is 2.37. The average Bonchev–Trinajstić information content (AvgIpc) is 2.31. The highest BCUT2D eigenvalue weighted by molar-refractivity contribution is 5.62. The normalized spacial score (nSPS) is 24.4. The molecule has 1 aliphatic rings. The number of carbonyl (C=O) groups is 1. The summed E-state index contributed by atoms with van der Waals surface area (Å²) < 4.78 is 9.18. The molecule has 0 spiro atoms. The Hall–Kier alpha value is -1.25. The highest BCUT2D eigenvalue weighted by Crippen LogP contribution is 2.06. The summed E-state index contributed by atoms with van der Waals surface area (Å²) in [5.74, 6) is 0. The van der Waals surface area contributed by atoms with E-state index in [0.29, 0.717) is 6.61 Å². The average molecular weight is 140 g/mol. The number of cyclic esters (lactones) is 2. The number of hydrogen-bond acceptors (Lipinski definition) is 3. The smallest absolute Gasteiger partial charge is 0.430 e. The van der Waals surface area contributed by atoms with Gasteiger partial charge in [0, 0.05) is 0 Å². The van der Waals surface area contributed by atoms with Gasteiger partial charge in [-0.25, -0.2) is 4.79 Å². The first-order valence-electron chi connectivity index (χ1n) is 2.95. The van der Waals surface area contributed by atoms with Gasteiger partial charge in [0.2, 0.25) is 0 Å². The number of allylic oxidation sites excluding steroid dienone is 2. The molecule has 3 heteroatoms. The number of ether oxygens (including phenoxy) is 2. The predicted octanol–water partition coefficient (Wildman–Crippen LogP) is 1.26. The molecule has 1 atom stereocenters. The molecule has 1 fully saturated rings. The van der Waals surface area contributed by atoms with E-state index in [9.17, 15) is 4.79 Å². The molecule has 0 radical (unpaired) electrons. The molecule has 0 aromatic heterocycles. The lowest BCUT2D eigenvalue weighted by molar-refractivity contribution is 0.125. The number of hydrogen-bond donors (Lipinski definition) is 0. The summed E-state index contributed by atoms with van der Waals surface area (Å²) in [4.78, 5) is 10.3. The van der Waals surface area contributed by atoms with Crippen LogP contribution < -0.4 is 0 Å². The first-order chi connectivity index (χ1) is 4.83. The fourth-order valence-corrected chi connectivity index (χ4v) is 0.639. The molecule has 0 aromatic carbocycles. The third kappa shape index (κ3) is 1.62. The minimum absolute atomic E-state index is 0.231. The third-order valence-corrected chi connectivity index (χ3v) is 1.07. The van der Waals surface area contributed by atoms with Crippen molar-refractivity contribution in [1.82, 2.24) is 0 Å². The molecular weight excluding hydrogens is 132 g/mol. The van der Waals surface area contributed by atoms with Gasteiger partial charge in [0.05, 0.1) is 0 Å². The van der Waals surface area contributed by atoms with Gasteiger partial charge in [-0.2, -0.15) is 0 Å². The van der Waals surface area contributed by atoms with Crippen molar-refractivity contribution in [3.8, 4) is 0 Å². The topological polar surface area (TPSA) is 35.5 Å². The molecule has 0 bridgehead atoms. The molecule has 1 unspecified atom stereocenters. The monoisotopic (exact) mass is 140 g/mol. The Morgan fingerprint density at radius 3 is 3.00 bits per heavy atom. The van der Waals surface area contributed by atoms with E-state index in [2.05, 4.69) is 16.1 Å². The lowest BCUT2D eigenvalue weighted by Gasteiger charge is -1.94. The second kappa shape index (κ2) is 3.06. The molecule has 54 valence electrons. The largest absolute Gasteiger partial charge is 0.509 e. The van der Waals surface area contributed by atoms with Crippen LogP contribution in [0, 0.1) is 0 Å². The maximum atomic E-state index is 10.3. The van der Waals surface area contributed by atoms with E-state index in [1.54, 1.807) is 18.2 Å². The first-order valence-corrected chi connectivity index (χ1v) is 2.95. The fraction of sp³-hybridized carbons (Fsp3) is 0.286. The molecular formula is C7H8O3. The van der Waals surface area contributed by atoms with Gasteiger partial charge in [-0.1, -0.05) is 18.7 Å². The lowest BCUT2D eigenvalue weighted by atomic mass is 10.3. The Bertz CT molecular complexity index is 172. The molecule has 10 heavy (non-hydrogen) atoms. The summed E-state index contributed by atoms with van der Waals surface area (Å²) in [6, 6.07) is 0. The second-order valence-electron chi connectivity index (χ2n) is 1.84. The fourth-order valence-electron chi connectivity index (χ4n) is 0.639. The van der Waals surface area contributed by atoms with Crippen molar-refractivity contribution < 1.29 is 14.3 Å². The van der Waals surface area contributed by atoms with Crippen LogP contribution in [0.2, 0.25) is 0 Å². The van der Waals surface area contributed by atoms with Gasteiger partial charge >= 0.3 is 6.16 Å². The summed E-state index contributed by atoms with van der Waals surface area (Å²) in [7, 11) is 0. The standard InChI is InChI=1S/C7H8O3/c1-2-3-4-6-5-9-7(8)10-6/h2-4,6H,1,5H2. The van der Waals surface area contributed by atoms with Crippen LogP contribution in [0.4, 0.5) is 4.79 Å². The van der Waals surface area contributed by atoms with Crippen molar-refractivity contribution in [2.45, 2.75) is 6.10 Å². The Morgan fingerprint density at radius 2 is 2.50 bits per heavy atom. The minimum Gasteiger partial charge on any atom is -0.430 e. The van der Waals surface area contributed by atoms with E-state index in [1.165, 1.54) is 0 Å². The highest BCUT2D eigenvalue weighted by atomic mass is 16.8. The van der Waals surface area contributed by atoms with Gasteiger partial charge in [0.1, 0.15) is 6.61 Å². The van der Waals surface area contributed by atoms with Crippen molar-refractivity contribution in [2.75, 3.05) is 6.61 Å². The van der Waals surface area contributed by atoms with Gasteiger partial charge in [0.25, 0.3) is 0 Å². The van der Waals surface area contributed by atoms with E-state index in [-0.39, 0.29) is 6.10 Å². The van der Waals surface area contributed by atoms with Gasteiger partial charge in [-0.15, -0.1) is 0 Å². The third-order valence-electron chi connectivity index (χ3n) is 1.07. The molecule has 0 N–H and O–H groups in total. The summed E-state index contributed by atoms with van der Waals surface area (Å²) >= 11 is 0. The van der Waals surface area contributed by atoms with E-state index < -0.39 is 6.16 Å². The molecule has 1 heterocycles. The molecule has 0 amide bonds. The maximum Gasteiger partial charge on any atom is 0.509 e. The van der Waals surface area contributed by atoms with Gasteiger partial charge in [0.15, 0.2) is 6.10 Å². The Morgan fingerprint density at radius 1 is 1.70 bits per heavy atom. The van der Waals surface area contributed by atoms with Crippen molar-refractivity contribution >= 4 is 6.16 Å². The number of carbonyl (C=O) groups excluding carboxylic acids is 1. The van der Waals surface area contributed by atoms with Gasteiger partial charge in [-0.05, 0) is 6.08 Å². The zero-order valence-corrected chi connectivity index (χ0v) is 5.45. The summed E-state index contributed by atoms with van der Waals surface area (Å²) in [6.45, 7) is 3.78. The van der Waals surface area contributed by atoms with Crippen molar-refractivity contribution in [3.05, 3.63) is 24.8 Å². The van der Waals surface area contributed by atoms with Crippen LogP contribution in [0.5, 0.6) is 0 Å². The molecule has 0 saturated carbocycles. The number of rotatable bonds is 2. The van der Waals surface area contributed by atoms with E-state index in [1.807, 2.05) is 0 Å². The van der Waals surface area contributed by atoms with Crippen LogP contribution in [0.15, 0.2) is 24.8 Å². The zero-order chi connectivity index (χ0) is 7.40. The van der Waals surface area contributed by atoms with Crippen LogP contribution in [0.3, 0.4) is 0 Å². The molecule has 1 saturated heterocycles. The van der Waals surface area contributed by atoms with E-state index in [4.69, 9.17) is 0 Å². The van der Waals surface area contributed by atoms with Crippen molar-refractivity contribution in [3.63, 3.8) is 0 Å². The summed E-state index contributed by atoms with van der Waals surface area (Å²) in [5, 5.41) is 0. The minimum atomic E-state index is -0.598. The zero-order valence-electron chi connectivity index (χ0n) is 5.45. The van der Waals surface area contributed by atoms with Crippen molar-refractivity contribution in [1.29, 1.82) is 0 Å². The summed E-state index contributed by atoms with van der Waals surface area (Å²) in [5.41, 5.74) is 0. The molecule has 0 aliphatic carbocycles. The molecule has 1 rings (SSSR count). The Labute approximate surface area is 58.9 Å². The molecule has 3 nitrogen and oxygen atoms in total. The van der Waals surface area contributed by atoms with Crippen LogP contribution in [-0.2, 0) is 9.47 Å². The quantitative estimate of drug-likeness (QED) is 0.428. The molecule has 1 aliphatic heterocycles. The van der Waals surface area contributed by atoms with E-state index in [0.717, 1.165) is 0 Å². The molecule has 0 aromatic rings. The van der Waals surface area contributed by atoms with Crippen LogP contribution >= 0.6 is 0 Å². The van der Waals surface area contributed by atoms with Crippen LogP contribution in [-0.4, -0.2) is 18.9 Å². The SMILES string of the molecule is C=CC=CC1COC(=O)O1. The second-order valence-corrected chi connectivity index (χ2v) is 1.84. The van der Waals surface area contributed by atoms with Crippen LogP contribution in [0.25, 0.3) is 0 Å². The van der Waals surface area contributed by atoms with Gasteiger partial charge < -0.3 is 9.47 Å².